The maximum atomic E-state index is 7.95. The van der Waals surface area contributed by atoms with Crippen molar-refractivity contribution in [1.29, 1.82) is 0 Å². The van der Waals surface area contributed by atoms with Gasteiger partial charge in [0.2, 0.25) is 0 Å². The summed E-state index contributed by atoms with van der Waals surface area (Å²) in [6.45, 7) is 16.1. The van der Waals surface area contributed by atoms with Crippen LogP contribution >= 0.6 is 15.9 Å². The van der Waals surface area contributed by atoms with E-state index in [1.807, 2.05) is 0 Å². The monoisotopic (exact) mass is 1070 g/mol. The first-order valence-corrected chi connectivity index (χ1v) is 35.8. The van der Waals surface area contributed by atoms with E-state index in [0.717, 1.165) is 56.7 Å². The summed E-state index contributed by atoms with van der Waals surface area (Å²) >= 11 is 0. The molecule has 74 heavy (non-hydrogen) atoms. The van der Waals surface area contributed by atoms with Gasteiger partial charge in [0, 0.05) is 9.88 Å². The van der Waals surface area contributed by atoms with Crippen LogP contribution in [0.4, 0.5) is 0 Å². The molecule has 0 aromatic heterocycles. The van der Waals surface area contributed by atoms with Crippen molar-refractivity contribution < 1.29 is 22.4 Å². The van der Waals surface area contributed by atoms with E-state index >= 15 is 0 Å². The molecule has 0 heterocycles. The van der Waals surface area contributed by atoms with Gasteiger partial charge >= 0.3 is 15.9 Å². The van der Waals surface area contributed by atoms with E-state index in [2.05, 4.69) is 96.2 Å². The van der Waals surface area contributed by atoms with Crippen molar-refractivity contribution in [3.8, 4) is 0 Å². The predicted molar refractivity (Wildman–Crippen MR) is 331 cm³/mol. The van der Waals surface area contributed by atoms with E-state index in [4.69, 9.17) is 22.4 Å². The second-order valence-corrected chi connectivity index (χ2v) is 27.4. The molecule has 1 atom stereocenters. The SMILES string of the molecule is CCCCCCCCCCCCCO[P+](OCCCCCCCCCCCCC)(O[P+](OCCCCCCCCCCCCC)(OCCCCCCCCCCCCC)C1C=CC=CC1=C(C)C)c1ccccc1. The van der Waals surface area contributed by atoms with E-state index in [1.165, 1.54) is 242 Å². The number of allylic oxidation sites excluding steroid dienone is 6. The summed E-state index contributed by atoms with van der Waals surface area (Å²) in [6, 6.07) is 10.8. The van der Waals surface area contributed by atoms with Gasteiger partial charge in [0.15, 0.2) is 11.0 Å². The standard InChI is InChI=1S/C67H124O5P2/c1-7-11-15-19-23-27-31-35-39-43-52-60-68-73(65-56-48-47-49-57-65,69-61-53-44-40-36-32-28-24-20-16-12-8-2)72-74(67-59-51-50-58-66(67)64(5)6,70-62-54-45-41-37-33-29-25-21-17-13-9-3)71-63-55-46-42-38-34-30-26-22-18-14-10-4/h47-51,56-59,67H,7-46,52-55,60-63H2,1-6H3/q+2. The number of hydrogen-bond donors (Lipinski definition) is 0. The molecule has 0 fully saturated rings. The summed E-state index contributed by atoms with van der Waals surface area (Å²) in [5, 5.41) is 1.00. The minimum absolute atomic E-state index is 0.169. The Morgan fingerprint density at radius 2 is 0.635 bits per heavy atom. The summed E-state index contributed by atoms with van der Waals surface area (Å²) < 4.78 is 37.5. The van der Waals surface area contributed by atoms with Gasteiger partial charge in [0.05, 0.1) is 26.4 Å². The smallest absolute Gasteiger partial charge is 0.174 e. The zero-order valence-electron chi connectivity index (χ0n) is 50.2. The van der Waals surface area contributed by atoms with Gasteiger partial charge in [-0.1, -0.05) is 327 Å². The number of hydrogen-bond acceptors (Lipinski definition) is 5. The third kappa shape index (κ3) is 34.9. The summed E-state index contributed by atoms with van der Waals surface area (Å²) in [7, 11) is -6.40. The van der Waals surface area contributed by atoms with E-state index in [-0.39, 0.29) is 5.66 Å². The van der Waals surface area contributed by atoms with Gasteiger partial charge in [-0.2, -0.15) is 18.1 Å². The Hall–Kier alpha value is -0.900. The maximum Gasteiger partial charge on any atom is 0.501 e. The highest BCUT2D eigenvalue weighted by atomic mass is 31.3. The molecule has 2 rings (SSSR count). The van der Waals surface area contributed by atoms with Gasteiger partial charge in [0.25, 0.3) is 0 Å². The topological polar surface area (TPSA) is 46.2 Å². The quantitative estimate of drug-likeness (QED) is 0.0481. The second-order valence-electron chi connectivity index (χ2n) is 22.6. The molecule has 430 valence electrons. The summed E-state index contributed by atoms with van der Waals surface area (Å²) in [5.74, 6) is 0. The largest absolute Gasteiger partial charge is 0.501 e. The van der Waals surface area contributed by atoms with Crippen molar-refractivity contribution in [2.45, 2.75) is 330 Å². The number of rotatable bonds is 56. The fourth-order valence-electron chi connectivity index (χ4n) is 10.4. The number of benzene rings is 1. The molecule has 1 aliphatic carbocycles. The molecule has 1 unspecified atom stereocenters. The van der Waals surface area contributed by atoms with Crippen molar-refractivity contribution in [2.75, 3.05) is 26.4 Å². The molecule has 0 saturated heterocycles. The normalized spacial score (nSPS) is 14.0. The third-order valence-corrected chi connectivity index (χ3v) is 21.2. The van der Waals surface area contributed by atoms with E-state index in [1.54, 1.807) is 0 Å². The molecule has 0 amide bonds. The first kappa shape index (κ1) is 69.2. The molecule has 0 N–H and O–H groups in total. The highest BCUT2D eigenvalue weighted by Crippen LogP contribution is 2.81. The molecule has 0 radical (unpaired) electrons. The van der Waals surface area contributed by atoms with Gasteiger partial charge in [-0.3, -0.25) is 0 Å². The van der Waals surface area contributed by atoms with E-state index < -0.39 is 15.9 Å². The zero-order valence-corrected chi connectivity index (χ0v) is 51.9. The van der Waals surface area contributed by atoms with Gasteiger partial charge in [0.1, 0.15) is 0 Å². The molecular weight excluding hydrogens is 947 g/mol. The van der Waals surface area contributed by atoms with Crippen LogP contribution in [0.25, 0.3) is 0 Å². The van der Waals surface area contributed by atoms with Crippen molar-refractivity contribution in [1.82, 2.24) is 0 Å². The summed E-state index contributed by atoms with van der Waals surface area (Å²) in [4.78, 5) is 0. The fourth-order valence-corrected chi connectivity index (χ4v) is 17.0. The molecule has 0 aliphatic heterocycles. The molecule has 7 heteroatoms. The molecule has 1 aliphatic rings. The minimum atomic E-state index is -3.20. The second kappa shape index (κ2) is 50.3. The Kier molecular flexibility index (Phi) is 47.1. The molecule has 5 nitrogen and oxygen atoms in total. The van der Waals surface area contributed by atoms with Gasteiger partial charge < -0.3 is 0 Å². The van der Waals surface area contributed by atoms with Crippen molar-refractivity contribution in [3.63, 3.8) is 0 Å². The molecule has 0 bridgehead atoms. The minimum Gasteiger partial charge on any atom is -0.174 e. The Bertz CT molecular complexity index is 1390. The van der Waals surface area contributed by atoms with Crippen molar-refractivity contribution >= 4 is 21.2 Å². The lowest BCUT2D eigenvalue weighted by Crippen LogP contribution is -2.28. The Balaban J connectivity index is 2.40. The maximum absolute atomic E-state index is 7.95. The highest BCUT2D eigenvalue weighted by molar-refractivity contribution is 7.79. The zero-order chi connectivity index (χ0) is 53.2. The van der Waals surface area contributed by atoms with Crippen LogP contribution < -0.4 is 5.30 Å². The average molecular weight is 1070 g/mol. The van der Waals surface area contributed by atoms with Crippen molar-refractivity contribution in [3.05, 3.63) is 65.8 Å². The molecular formula is C67H124O5P2+2. The Morgan fingerprint density at radius 3 is 0.932 bits per heavy atom. The van der Waals surface area contributed by atoms with Crippen LogP contribution in [0.5, 0.6) is 0 Å². The van der Waals surface area contributed by atoms with Gasteiger partial charge in [-0.25, -0.2) is 0 Å². The molecule has 0 spiro atoms. The van der Waals surface area contributed by atoms with E-state index in [9.17, 15) is 0 Å². The molecule has 1 aromatic rings. The first-order valence-electron chi connectivity index (χ1n) is 32.6. The lowest BCUT2D eigenvalue weighted by atomic mass is 10.0. The van der Waals surface area contributed by atoms with Crippen LogP contribution in [0, 0.1) is 0 Å². The number of unbranched alkanes of at least 4 members (excludes halogenated alkanes) is 40. The van der Waals surface area contributed by atoms with Crippen LogP contribution in [0.3, 0.4) is 0 Å². The van der Waals surface area contributed by atoms with Gasteiger partial charge in [-0.05, 0) is 57.7 Å². The van der Waals surface area contributed by atoms with Crippen LogP contribution in [-0.4, -0.2) is 32.1 Å². The lowest BCUT2D eigenvalue weighted by Gasteiger charge is -2.31. The summed E-state index contributed by atoms with van der Waals surface area (Å²) in [6.07, 6.45) is 66.1. The van der Waals surface area contributed by atoms with E-state index in [0.29, 0.717) is 26.4 Å². The van der Waals surface area contributed by atoms with Crippen molar-refractivity contribution in [2.24, 2.45) is 0 Å². The van der Waals surface area contributed by atoms with Gasteiger partial charge in [-0.15, -0.1) is 0 Å². The predicted octanol–water partition coefficient (Wildman–Crippen LogP) is 24.0. The Labute approximate surface area is 463 Å². The lowest BCUT2D eigenvalue weighted by molar-refractivity contribution is 0.136. The molecule has 1 aromatic carbocycles. The fraction of sp³-hybridized carbons (Fsp3) is 0.821. The molecule has 0 saturated carbocycles. The average Bonchev–Trinajstić information content (AvgIpc) is 3.42. The van der Waals surface area contributed by atoms with Crippen LogP contribution in [0.15, 0.2) is 65.8 Å². The Morgan fingerprint density at radius 1 is 0.351 bits per heavy atom. The van der Waals surface area contributed by atoms with Crippen LogP contribution in [0.2, 0.25) is 0 Å². The van der Waals surface area contributed by atoms with Crippen LogP contribution in [0.1, 0.15) is 324 Å². The van der Waals surface area contributed by atoms with Crippen LogP contribution in [-0.2, 0) is 22.4 Å². The highest BCUT2D eigenvalue weighted by Gasteiger charge is 2.69. The third-order valence-electron chi connectivity index (χ3n) is 15.3. The first-order chi connectivity index (χ1) is 36.5. The summed E-state index contributed by atoms with van der Waals surface area (Å²) in [5.41, 5.74) is 2.34.